The maximum atomic E-state index is 13.1. The average Bonchev–Trinajstić information content (AvgIpc) is 2.84. The predicted molar refractivity (Wildman–Crippen MR) is 128 cm³/mol. The number of ether oxygens (including phenoxy) is 1. The lowest BCUT2D eigenvalue weighted by Gasteiger charge is -2.36. The minimum atomic E-state index is -0.0256. The second kappa shape index (κ2) is 9.95. The number of halogens is 2. The van der Waals surface area contributed by atoms with Crippen LogP contribution in [-0.4, -0.2) is 49.1 Å². The first-order valence-electron chi connectivity index (χ1n) is 10.2. The van der Waals surface area contributed by atoms with Gasteiger partial charge < -0.3 is 14.5 Å². The van der Waals surface area contributed by atoms with Gasteiger partial charge in [-0.25, -0.2) is 4.98 Å². The fourth-order valence-corrected chi connectivity index (χ4v) is 3.83. The van der Waals surface area contributed by atoms with Gasteiger partial charge in [-0.15, -0.1) is 0 Å². The van der Waals surface area contributed by atoms with E-state index in [-0.39, 0.29) is 5.91 Å². The van der Waals surface area contributed by atoms with E-state index < -0.39 is 0 Å². The Morgan fingerprint density at radius 2 is 1.78 bits per heavy atom. The molecule has 1 aromatic heterocycles. The number of rotatable bonds is 3. The van der Waals surface area contributed by atoms with Gasteiger partial charge >= 0.3 is 0 Å². The van der Waals surface area contributed by atoms with Gasteiger partial charge in [0.1, 0.15) is 11.4 Å². The number of piperazine rings is 1. The molecule has 2 aromatic carbocycles. The predicted octanol–water partition coefficient (Wildman–Crippen LogP) is 4.76. The Bertz CT molecular complexity index is 1180. The molecule has 5 nitrogen and oxygen atoms in total. The van der Waals surface area contributed by atoms with Crippen molar-refractivity contribution >= 4 is 34.8 Å². The van der Waals surface area contributed by atoms with Crippen molar-refractivity contribution in [2.45, 2.75) is 0 Å². The number of methoxy groups -OCH3 is 1. The molecule has 1 saturated heterocycles. The highest BCUT2D eigenvalue weighted by atomic mass is 35.5. The first kappa shape index (κ1) is 22.0. The largest absolute Gasteiger partial charge is 0.495 e. The van der Waals surface area contributed by atoms with Crippen molar-refractivity contribution in [2.75, 3.05) is 38.2 Å². The van der Waals surface area contributed by atoms with E-state index in [2.05, 4.69) is 21.7 Å². The minimum absolute atomic E-state index is 0.0256. The maximum absolute atomic E-state index is 13.1. The van der Waals surface area contributed by atoms with Gasteiger partial charge in [-0.05, 0) is 54.5 Å². The van der Waals surface area contributed by atoms with E-state index in [1.54, 1.807) is 37.6 Å². The number of amides is 1. The summed E-state index contributed by atoms with van der Waals surface area (Å²) in [6, 6.07) is 16.5. The van der Waals surface area contributed by atoms with Gasteiger partial charge in [0.05, 0.1) is 22.7 Å². The summed E-state index contributed by atoms with van der Waals surface area (Å²) in [7, 11) is 1.59. The lowest BCUT2D eigenvalue weighted by molar-refractivity contribution is 0.0746. The summed E-state index contributed by atoms with van der Waals surface area (Å²) in [4.78, 5) is 21.4. The molecule has 0 radical (unpaired) electrons. The monoisotopic (exact) mass is 465 g/mol. The summed E-state index contributed by atoms with van der Waals surface area (Å²) in [6.07, 6.45) is 1.69. The topological polar surface area (TPSA) is 45.7 Å². The van der Waals surface area contributed by atoms with Crippen LogP contribution in [0.3, 0.4) is 0 Å². The maximum Gasteiger partial charge on any atom is 0.254 e. The number of carbonyl (C=O) groups excluding carboxylic acids is 1. The molecule has 3 aromatic rings. The van der Waals surface area contributed by atoms with Crippen LogP contribution in [0.2, 0.25) is 10.0 Å². The van der Waals surface area contributed by atoms with E-state index in [0.717, 1.165) is 5.69 Å². The minimum Gasteiger partial charge on any atom is -0.495 e. The third-order valence-corrected chi connectivity index (χ3v) is 6.01. The van der Waals surface area contributed by atoms with Crippen LogP contribution < -0.4 is 9.64 Å². The number of benzene rings is 2. The summed E-state index contributed by atoms with van der Waals surface area (Å²) in [5.74, 6) is 6.69. The molecule has 0 saturated carbocycles. The van der Waals surface area contributed by atoms with Gasteiger partial charge in [0.2, 0.25) is 0 Å². The Morgan fingerprint density at radius 1 is 0.969 bits per heavy atom. The van der Waals surface area contributed by atoms with Crippen molar-refractivity contribution in [2.24, 2.45) is 0 Å². The van der Waals surface area contributed by atoms with Gasteiger partial charge in [0, 0.05) is 43.6 Å². The van der Waals surface area contributed by atoms with E-state index in [1.165, 1.54) is 0 Å². The SMILES string of the molecule is COc1ccc(C(=O)N2CCN(c3ccc(Cl)c(Cl)c3)CC2)cc1C#Cc1ccccn1. The molecule has 2 heterocycles. The van der Waals surface area contributed by atoms with Crippen molar-refractivity contribution in [1.82, 2.24) is 9.88 Å². The van der Waals surface area contributed by atoms with Crippen molar-refractivity contribution in [3.8, 4) is 17.6 Å². The Morgan fingerprint density at radius 3 is 2.47 bits per heavy atom. The van der Waals surface area contributed by atoms with E-state index in [4.69, 9.17) is 27.9 Å². The molecule has 0 unspecified atom stereocenters. The molecule has 0 N–H and O–H groups in total. The summed E-state index contributed by atoms with van der Waals surface area (Å²) in [5, 5.41) is 1.06. The van der Waals surface area contributed by atoms with E-state index in [0.29, 0.717) is 58.8 Å². The second-order valence-corrected chi connectivity index (χ2v) is 8.07. The van der Waals surface area contributed by atoms with Crippen molar-refractivity contribution in [3.05, 3.63) is 87.7 Å². The molecule has 4 rings (SSSR count). The van der Waals surface area contributed by atoms with Crippen LogP contribution >= 0.6 is 23.2 Å². The molecule has 1 fully saturated rings. The Hall–Kier alpha value is -3.20. The van der Waals surface area contributed by atoms with Gasteiger partial charge in [0.25, 0.3) is 5.91 Å². The molecule has 0 atom stereocenters. The molecule has 0 spiro atoms. The highest BCUT2D eigenvalue weighted by molar-refractivity contribution is 6.42. The van der Waals surface area contributed by atoms with Crippen LogP contribution in [0, 0.1) is 11.8 Å². The number of nitrogens with zero attached hydrogens (tertiary/aromatic N) is 3. The summed E-state index contributed by atoms with van der Waals surface area (Å²) in [6.45, 7) is 2.65. The van der Waals surface area contributed by atoms with Crippen LogP contribution in [0.5, 0.6) is 5.75 Å². The number of hydrogen-bond donors (Lipinski definition) is 0. The molecule has 1 aliphatic rings. The summed E-state index contributed by atoms with van der Waals surface area (Å²) < 4.78 is 5.42. The van der Waals surface area contributed by atoms with Gasteiger partial charge in [-0.2, -0.15) is 0 Å². The standard InChI is InChI=1S/C25H21Cl2N3O2/c1-32-24-10-6-19(16-18(24)5-7-20-4-2-3-11-28-20)25(31)30-14-12-29(13-15-30)21-8-9-22(26)23(27)17-21/h2-4,6,8-11,16-17H,12-15H2,1H3. The van der Waals surface area contributed by atoms with E-state index >= 15 is 0 Å². The molecule has 1 aliphatic heterocycles. The van der Waals surface area contributed by atoms with Crippen molar-refractivity contribution in [3.63, 3.8) is 0 Å². The van der Waals surface area contributed by atoms with Crippen LogP contribution in [0.15, 0.2) is 60.8 Å². The molecule has 0 bridgehead atoms. The molecular weight excluding hydrogens is 445 g/mol. The van der Waals surface area contributed by atoms with Crippen molar-refractivity contribution in [1.29, 1.82) is 0 Å². The third-order valence-electron chi connectivity index (χ3n) is 5.27. The quantitative estimate of drug-likeness (QED) is 0.523. The fraction of sp³-hybridized carbons (Fsp3) is 0.200. The number of hydrogen-bond acceptors (Lipinski definition) is 4. The van der Waals surface area contributed by atoms with E-state index in [9.17, 15) is 4.79 Å². The Kier molecular flexibility index (Phi) is 6.84. The Labute approximate surface area is 197 Å². The molecule has 1 amide bonds. The zero-order valence-corrected chi connectivity index (χ0v) is 19.0. The molecule has 0 aliphatic carbocycles. The zero-order chi connectivity index (χ0) is 22.5. The Balaban J connectivity index is 1.48. The third kappa shape index (κ3) is 4.99. The molecular formula is C25H21Cl2N3O2. The number of anilines is 1. The van der Waals surface area contributed by atoms with E-state index in [1.807, 2.05) is 35.2 Å². The van der Waals surface area contributed by atoms with Crippen LogP contribution in [0.25, 0.3) is 0 Å². The normalized spacial score (nSPS) is 13.3. The van der Waals surface area contributed by atoms with Gasteiger partial charge in [0.15, 0.2) is 0 Å². The van der Waals surface area contributed by atoms with Crippen LogP contribution in [-0.2, 0) is 0 Å². The summed E-state index contributed by atoms with van der Waals surface area (Å²) >= 11 is 12.2. The van der Waals surface area contributed by atoms with Gasteiger partial charge in [-0.3, -0.25) is 4.79 Å². The smallest absolute Gasteiger partial charge is 0.254 e. The summed E-state index contributed by atoms with van der Waals surface area (Å²) in [5.41, 5.74) is 2.89. The number of pyridine rings is 1. The first-order valence-corrected chi connectivity index (χ1v) is 10.9. The fourth-order valence-electron chi connectivity index (χ4n) is 3.54. The lowest BCUT2D eigenvalue weighted by Crippen LogP contribution is -2.48. The highest BCUT2D eigenvalue weighted by Crippen LogP contribution is 2.28. The molecule has 162 valence electrons. The number of aromatic nitrogens is 1. The van der Waals surface area contributed by atoms with Gasteiger partial charge in [-0.1, -0.05) is 35.2 Å². The number of carbonyl (C=O) groups is 1. The van der Waals surface area contributed by atoms with Crippen molar-refractivity contribution < 1.29 is 9.53 Å². The van der Waals surface area contributed by atoms with Crippen LogP contribution in [0.1, 0.15) is 21.6 Å². The zero-order valence-electron chi connectivity index (χ0n) is 17.5. The molecule has 7 heteroatoms. The average molecular weight is 466 g/mol. The first-order chi connectivity index (χ1) is 15.5. The van der Waals surface area contributed by atoms with Crippen LogP contribution in [0.4, 0.5) is 5.69 Å². The lowest BCUT2D eigenvalue weighted by atomic mass is 10.1. The molecule has 32 heavy (non-hydrogen) atoms. The second-order valence-electron chi connectivity index (χ2n) is 7.26. The highest BCUT2D eigenvalue weighted by Gasteiger charge is 2.23.